The molecule has 3 N–H and O–H groups in total. The summed E-state index contributed by atoms with van der Waals surface area (Å²) in [4.78, 5) is 40.3. The quantitative estimate of drug-likeness (QED) is 0.489. The first-order valence-corrected chi connectivity index (χ1v) is 10.1. The third kappa shape index (κ3) is 4.59. The van der Waals surface area contributed by atoms with Gasteiger partial charge in [0.25, 0.3) is 5.91 Å². The molecule has 1 atom stereocenters. The van der Waals surface area contributed by atoms with Crippen molar-refractivity contribution in [3.63, 3.8) is 0 Å². The maximum absolute atomic E-state index is 12.8. The van der Waals surface area contributed by atoms with Gasteiger partial charge in [-0.3, -0.25) is 19.7 Å². The molecule has 3 rings (SSSR count). The van der Waals surface area contributed by atoms with Crippen LogP contribution in [-0.2, 0) is 22.6 Å². The molecule has 2 aliphatic rings. The normalized spacial score (nSPS) is 19.3. The highest BCUT2D eigenvalue weighted by molar-refractivity contribution is 6.05. The molecule has 1 fully saturated rings. The number of nitrogens with two attached hydrogens (primary N) is 1. The standard InChI is InChI=1S/C21H30N4O3/c1-24(13-5-11-22)12-3-2-6-15-7-4-8-16-17(15)14-25(21(16)28)18-9-10-19(26)23-20(18)27/h4,7-8,18H,2-3,5-6,9-14,22H2,1H3,(H,23,26,27). The Morgan fingerprint density at radius 2 is 1.96 bits per heavy atom. The maximum Gasteiger partial charge on any atom is 0.255 e. The van der Waals surface area contributed by atoms with Crippen molar-refractivity contribution < 1.29 is 14.4 Å². The summed E-state index contributed by atoms with van der Waals surface area (Å²) in [5.74, 6) is -0.727. The van der Waals surface area contributed by atoms with Gasteiger partial charge in [-0.15, -0.1) is 0 Å². The largest absolute Gasteiger partial charge is 0.330 e. The van der Waals surface area contributed by atoms with Crippen LogP contribution in [0.15, 0.2) is 18.2 Å². The highest BCUT2D eigenvalue weighted by Gasteiger charge is 2.39. The van der Waals surface area contributed by atoms with Crippen LogP contribution in [0.2, 0.25) is 0 Å². The van der Waals surface area contributed by atoms with E-state index < -0.39 is 6.04 Å². The molecule has 7 nitrogen and oxygen atoms in total. The van der Waals surface area contributed by atoms with Gasteiger partial charge in [-0.05, 0) is 76.0 Å². The smallest absolute Gasteiger partial charge is 0.255 e. The Morgan fingerprint density at radius 1 is 1.18 bits per heavy atom. The number of piperidine rings is 1. The minimum atomic E-state index is -0.554. The van der Waals surface area contributed by atoms with Crippen LogP contribution in [-0.4, -0.2) is 60.2 Å². The van der Waals surface area contributed by atoms with Gasteiger partial charge in [0.1, 0.15) is 6.04 Å². The average molecular weight is 386 g/mol. The van der Waals surface area contributed by atoms with E-state index in [0.29, 0.717) is 18.5 Å². The van der Waals surface area contributed by atoms with Crippen LogP contribution in [0.1, 0.15) is 53.6 Å². The van der Waals surface area contributed by atoms with Gasteiger partial charge in [0.05, 0.1) is 0 Å². The summed E-state index contributed by atoms with van der Waals surface area (Å²) in [6.07, 6.45) is 4.76. The van der Waals surface area contributed by atoms with Crippen molar-refractivity contribution in [2.45, 2.75) is 51.1 Å². The number of unbranched alkanes of at least 4 members (excludes halogenated alkanes) is 1. The van der Waals surface area contributed by atoms with E-state index in [9.17, 15) is 14.4 Å². The molecule has 0 aliphatic carbocycles. The van der Waals surface area contributed by atoms with Crippen molar-refractivity contribution in [1.82, 2.24) is 15.1 Å². The molecule has 2 heterocycles. The molecule has 1 aromatic rings. The third-order valence-electron chi connectivity index (χ3n) is 5.66. The number of amides is 3. The summed E-state index contributed by atoms with van der Waals surface area (Å²) in [6, 6.07) is 5.29. The fourth-order valence-corrected chi connectivity index (χ4v) is 4.05. The first kappa shape index (κ1) is 20.5. The van der Waals surface area contributed by atoms with Gasteiger partial charge in [0.15, 0.2) is 0 Å². The van der Waals surface area contributed by atoms with E-state index in [1.807, 2.05) is 12.1 Å². The monoisotopic (exact) mass is 386 g/mol. The SMILES string of the molecule is CN(CCCN)CCCCc1cccc2c1CN(C1CCC(=O)NC1=O)C2=O. The van der Waals surface area contributed by atoms with Crippen LogP contribution < -0.4 is 11.1 Å². The summed E-state index contributed by atoms with van der Waals surface area (Å²) in [6.45, 7) is 3.23. The first-order chi connectivity index (χ1) is 13.5. The summed E-state index contributed by atoms with van der Waals surface area (Å²) >= 11 is 0. The number of hydrogen-bond donors (Lipinski definition) is 2. The van der Waals surface area contributed by atoms with E-state index >= 15 is 0 Å². The molecule has 0 bridgehead atoms. The van der Waals surface area contributed by atoms with Crippen LogP contribution in [0, 0.1) is 0 Å². The Labute approximate surface area is 166 Å². The molecular formula is C21H30N4O3. The number of hydrogen-bond acceptors (Lipinski definition) is 5. The van der Waals surface area contributed by atoms with Gasteiger partial charge in [0.2, 0.25) is 11.8 Å². The second-order valence-electron chi connectivity index (χ2n) is 7.75. The minimum Gasteiger partial charge on any atom is -0.330 e. The van der Waals surface area contributed by atoms with E-state index in [1.54, 1.807) is 4.90 Å². The molecule has 0 spiro atoms. The lowest BCUT2D eigenvalue weighted by Gasteiger charge is -2.29. The molecule has 0 saturated carbocycles. The topological polar surface area (TPSA) is 95.7 Å². The fourth-order valence-electron chi connectivity index (χ4n) is 4.05. The Bertz CT molecular complexity index is 749. The zero-order valence-corrected chi connectivity index (χ0v) is 16.6. The van der Waals surface area contributed by atoms with Crippen LogP contribution in [0.3, 0.4) is 0 Å². The van der Waals surface area contributed by atoms with E-state index in [4.69, 9.17) is 5.73 Å². The van der Waals surface area contributed by atoms with Gasteiger partial charge in [-0.1, -0.05) is 12.1 Å². The third-order valence-corrected chi connectivity index (χ3v) is 5.66. The molecule has 28 heavy (non-hydrogen) atoms. The maximum atomic E-state index is 12.8. The zero-order valence-electron chi connectivity index (χ0n) is 16.6. The Balaban J connectivity index is 1.59. The molecule has 7 heteroatoms. The van der Waals surface area contributed by atoms with Crippen molar-refractivity contribution >= 4 is 17.7 Å². The molecule has 2 aliphatic heterocycles. The van der Waals surface area contributed by atoms with Gasteiger partial charge in [-0.25, -0.2) is 0 Å². The molecular weight excluding hydrogens is 356 g/mol. The molecule has 1 saturated heterocycles. The number of rotatable bonds is 9. The number of fused-ring (bicyclic) bond motifs is 1. The van der Waals surface area contributed by atoms with E-state index in [-0.39, 0.29) is 24.1 Å². The van der Waals surface area contributed by atoms with Crippen molar-refractivity contribution in [2.24, 2.45) is 5.73 Å². The van der Waals surface area contributed by atoms with Crippen LogP contribution >= 0.6 is 0 Å². The van der Waals surface area contributed by atoms with Crippen LogP contribution in [0.4, 0.5) is 0 Å². The predicted molar refractivity (Wildman–Crippen MR) is 107 cm³/mol. The van der Waals surface area contributed by atoms with Crippen LogP contribution in [0.25, 0.3) is 0 Å². The van der Waals surface area contributed by atoms with Gasteiger partial charge >= 0.3 is 0 Å². The van der Waals surface area contributed by atoms with Gasteiger partial charge in [0, 0.05) is 18.5 Å². The lowest BCUT2D eigenvalue weighted by atomic mass is 9.99. The molecule has 152 valence electrons. The van der Waals surface area contributed by atoms with Gasteiger partial charge < -0.3 is 15.5 Å². The number of carbonyl (C=O) groups excluding carboxylic acids is 3. The predicted octanol–water partition coefficient (Wildman–Crippen LogP) is 1.05. The van der Waals surface area contributed by atoms with E-state index in [2.05, 4.69) is 23.3 Å². The Morgan fingerprint density at radius 3 is 2.71 bits per heavy atom. The van der Waals surface area contributed by atoms with Crippen LogP contribution in [0.5, 0.6) is 0 Å². The van der Waals surface area contributed by atoms with Crippen molar-refractivity contribution in [2.75, 3.05) is 26.7 Å². The van der Waals surface area contributed by atoms with Crippen molar-refractivity contribution in [1.29, 1.82) is 0 Å². The summed E-state index contributed by atoms with van der Waals surface area (Å²) in [5.41, 5.74) is 8.47. The summed E-state index contributed by atoms with van der Waals surface area (Å²) in [5, 5.41) is 2.35. The van der Waals surface area contributed by atoms with Gasteiger partial charge in [-0.2, -0.15) is 0 Å². The number of nitrogens with zero attached hydrogens (tertiary/aromatic N) is 2. The lowest BCUT2D eigenvalue weighted by Crippen LogP contribution is -2.52. The summed E-state index contributed by atoms with van der Waals surface area (Å²) < 4.78 is 0. The van der Waals surface area contributed by atoms with Crippen molar-refractivity contribution in [3.05, 3.63) is 34.9 Å². The molecule has 3 amide bonds. The Kier molecular flexibility index (Phi) is 6.80. The summed E-state index contributed by atoms with van der Waals surface area (Å²) in [7, 11) is 2.12. The number of carbonyl (C=O) groups is 3. The van der Waals surface area contributed by atoms with E-state index in [0.717, 1.165) is 50.9 Å². The number of nitrogens with one attached hydrogen (secondary N) is 1. The number of benzene rings is 1. The minimum absolute atomic E-state index is 0.104. The fraction of sp³-hybridized carbons (Fsp3) is 0.571. The first-order valence-electron chi connectivity index (χ1n) is 10.1. The second kappa shape index (κ2) is 9.30. The number of imide groups is 1. The molecule has 0 radical (unpaired) electrons. The number of aryl methyl sites for hydroxylation is 1. The Hall–Kier alpha value is -2.25. The molecule has 1 aromatic carbocycles. The second-order valence-corrected chi connectivity index (χ2v) is 7.75. The molecule has 0 aromatic heterocycles. The van der Waals surface area contributed by atoms with E-state index in [1.165, 1.54) is 5.56 Å². The average Bonchev–Trinajstić information content (AvgIpc) is 3.01. The van der Waals surface area contributed by atoms with Crippen molar-refractivity contribution in [3.8, 4) is 0 Å². The molecule has 1 unspecified atom stereocenters. The highest BCUT2D eigenvalue weighted by Crippen LogP contribution is 2.30. The lowest BCUT2D eigenvalue weighted by molar-refractivity contribution is -0.136. The zero-order chi connectivity index (χ0) is 20.1. The highest BCUT2D eigenvalue weighted by atomic mass is 16.2.